The van der Waals surface area contributed by atoms with E-state index in [1.165, 1.54) is 6.92 Å². The number of benzene rings is 2. The zero-order chi connectivity index (χ0) is 17.8. The number of nitrogens with one attached hydrogen (secondary N) is 3. The van der Waals surface area contributed by atoms with Crippen LogP contribution in [0, 0.1) is 0 Å². The first-order chi connectivity index (χ1) is 12.0. The first-order valence-corrected chi connectivity index (χ1v) is 8.09. The molecule has 0 radical (unpaired) electrons. The van der Waals surface area contributed by atoms with Crippen molar-refractivity contribution >= 4 is 34.8 Å². The molecule has 0 saturated heterocycles. The van der Waals surface area contributed by atoms with Crippen molar-refractivity contribution < 1.29 is 14.4 Å². The maximum Gasteiger partial charge on any atom is 0.228 e. The molecular formula is C19H19N3O3. The van der Waals surface area contributed by atoms with Crippen LogP contribution in [0.1, 0.15) is 24.5 Å². The Morgan fingerprint density at radius 2 is 1.68 bits per heavy atom. The summed E-state index contributed by atoms with van der Waals surface area (Å²) in [5.41, 5.74) is 4.15. The topological polar surface area (TPSA) is 87.3 Å². The Balaban J connectivity index is 1.61. The van der Waals surface area contributed by atoms with E-state index in [4.69, 9.17) is 0 Å². The average molecular weight is 337 g/mol. The Bertz CT molecular complexity index is 828. The van der Waals surface area contributed by atoms with Gasteiger partial charge < -0.3 is 16.0 Å². The molecule has 1 aliphatic rings. The summed E-state index contributed by atoms with van der Waals surface area (Å²) < 4.78 is 0. The summed E-state index contributed by atoms with van der Waals surface area (Å²) in [6.45, 7) is 1.44. The number of fused-ring (bicyclic) bond motifs is 1. The fourth-order valence-electron chi connectivity index (χ4n) is 2.78. The molecule has 3 rings (SSSR count). The second-order valence-corrected chi connectivity index (χ2v) is 6.02. The SMILES string of the molecule is CC(=O)Nc1ccc(NC(=O)Cc2ccc3c(c2)CCC(=O)N3)cc1. The molecule has 2 aromatic rings. The third-order valence-corrected chi connectivity index (χ3v) is 3.92. The van der Waals surface area contributed by atoms with Gasteiger partial charge >= 0.3 is 0 Å². The van der Waals surface area contributed by atoms with E-state index >= 15 is 0 Å². The molecule has 3 amide bonds. The molecular weight excluding hydrogens is 318 g/mol. The van der Waals surface area contributed by atoms with Crippen LogP contribution in [0.25, 0.3) is 0 Å². The second kappa shape index (κ2) is 7.17. The van der Waals surface area contributed by atoms with Crippen molar-refractivity contribution in [2.75, 3.05) is 16.0 Å². The molecule has 2 aromatic carbocycles. The molecule has 3 N–H and O–H groups in total. The highest BCUT2D eigenvalue weighted by molar-refractivity contribution is 5.95. The van der Waals surface area contributed by atoms with Crippen LogP contribution in [0.15, 0.2) is 42.5 Å². The highest BCUT2D eigenvalue weighted by Gasteiger charge is 2.15. The standard InChI is InChI=1S/C19H19N3O3/c1-12(23)20-15-4-6-16(7-5-15)21-19(25)11-13-2-8-17-14(10-13)3-9-18(24)22-17/h2,4-8,10H,3,9,11H2,1H3,(H,20,23)(H,21,25)(H,22,24). The smallest absolute Gasteiger partial charge is 0.228 e. The van der Waals surface area contributed by atoms with Crippen LogP contribution >= 0.6 is 0 Å². The van der Waals surface area contributed by atoms with E-state index in [2.05, 4.69) is 16.0 Å². The molecule has 1 aliphatic heterocycles. The maximum atomic E-state index is 12.2. The molecule has 0 fully saturated rings. The summed E-state index contributed by atoms with van der Waals surface area (Å²) in [5, 5.41) is 8.34. The average Bonchev–Trinajstić information content (AvgIpc) is 2.56. The number of rotatable bonds is 4. The van der Waals surface area contributed by atoms with Crippen molar-refractivity contribution in [2.24, 2.45) is 0 Å². The van der Waals surface area contributed by atoms with E-state index < -0.39 is 0 Å². The van der Waals surface area contributed by atoms with Gasteiger partial charge in [-0.2, -0.15) is 0 Å². The van der Waals surface area contributed by atoms with Crippen LogP contribution in [-0.4, -0.2) is 17.7 Å². The molecule has 128 valence electrons. The number of hydrogen-bond donors (Lipinski definition) is 3. The predicted molar refractivity (Wildman–Crippen MR) is 96.5 cm³/mol. The van der Waals surface area contributed by atoms with Crippen LogP contribution in [-0.2, 0) is 27.2 Å². The van der Waals surface area contributed by atoms with Gasteiger partial charge in [-0.25, -0.2) is 0 Å². The van der Waals surface area contributed by atoms with Crippen molar-refractivity contribution in [3.63, 3.8) is 0 Å². The lowest BCUT2D eigenvalue weighted by atomic mass is 9.99. The third-order valence-electron chi connectivity index (χ3n) is 3.92. The van der Waals surface area contributed by atoms with Gasteiger partial charge in [0.05, 0.1) is 6.42 Å². The van der Waals surface area contributed by atoms with E-state index in [1.807, 2.05) is 18.2 Å². The first-order valence-electron chi connectivity index (χ1n) is 8.09. The quantitative estimate of drug-likeness (QED) is 0.801. The Hall–Kier alpha value is -3.15. The monoisotopic (exact) mass is 337 g/mol. The highest BCUT2D eigenvalue weighted by Crippen LogP contribution is 2.24. The summed E-state index contributed by atoms with van der Waals surface area (Å²) in [7, 11) is 0. The fraction of sp³-hybridized carbons (Fsp3) is 0.211. The van der Waals surface area contributed by atoms with Crippen molar-refractivity contribution in [1.29, 1.82) is 0 Å². The second-order valence-electron chi connectivity index (χ2n) is 6.02. The Kier molecular flexibility index (Phi) is 4.79. The van der Waals surface area contributed by atoms with Gasteiger partial charge in [-0.05, 0) is 47.9 Å². The van der Waals surface area contributed by atoms with Gasteiger partial charge in [0.25, 0.3) is 0 Å². The number of hydrogen-bond acceptors (Lipinski definition) is 3. The normalized spacial score (nSPS) is 12.8. The first kappa shape index (κ1) is 16.7. The number of carbonyl (C=O) groups excluding carboxylic acids is 3. The number of anilines is 3. The van der Waals surface area contributed by atoms with Gasteiger partial charge in [-0.3, -0.25) is 14.4 Å². The summed E-state index contributed by atoms with van der Waals surface area (Å²) in [4.78, 5) is 34.6. The molecule has 0 saturated carbocycles. The van der Waals surface area contributed by atoms with Crippen molar-refractivity contribution in [3.05, 3.63) is 53.6 Å². The van der Waals surface area contributed by atoms with Crippen LogP contribution < -0.4 is 16.0 Å². The minimum atomic E-state index is -0.139. The van der Waals surface area contributed by atoms with Crippen LogP contribution in [0.2, 0.25) is 0 Å². The maximum absolute atomic E-state index is 12.2. The molecule has 25 heavy (non-hydrogen) atoms. The van der Waals surface area contributed by atoms with Gasteiger partial charge in [0, 0.05) is 30.4 Å². The van der Waals surface area contributed by atoms with Gasteiger partial charge in [0.1, 0.15) is 0 Å². The number of carbonyl (C=O) groups is 3. The summed E-state index contributed by atoms with van der Waals surface area (Å²) in [6, 6.07) is 12.6. The molecule has 0 aromatic heterocycles. The molecule has 0 spiro atoms. The summed E-state index contributed by atoms with van der Waals surface area (Å²) in [5.74, 6) is -0.229. The third kappa shape index (κ3) is 4.44. The zero-order valence-electron chi connectivity index (χ0n) is 13.9. The largest absolute Gasteiger partial charge is 0.326 e. The lowest BCUT2D eigenvalue weighted by Crippen LogP contribution is -2.19. The van der Waals surface area contributed by atoms with Crippen molar-refractivity contribution in [2.45, 2.75) is 26.2 Å². The van der Waals surface area contributed by atoms with Gasteiger partial charge in [0.2, 0.25) is 17.7 Å². The van der Waals surface area contributed by atoms with Crippen LogP contribution in [0.5, 0.6) is 0 Å². The minimum absolute atomic E-state index is 0.0284. The van der Waals surface area contributed by atoms with E-state index in [9.17, 15) is 14.4 Å². The molecule has 6 nitrogen and oxygen atoms in total. The van der Waals surface area contributed by atoms with E-state index in [-0.39, 0.29) is 24.1 Å². The molecule has 0 atom stereocenters. The van der Waals surface area contributed by atoms with Crippen LogP contribution in [0.4, 0.5) is 17.1 Å². The van der Waals surface area contributed by atoms with Gasteiger partial charge in [-0.1, -0.05) is 12.1 Å². The van der Waals surface area contributed by atoms with Crippen molar-refractivity contribution in [1.82, 2.24) is 0 Å². The molecule has 1 heterocycles. The Labute approximate surface area is 145 Å². The fourth-order valence-corrected chi connectivity index (χ4v) is 2.78. The zero-order valence-corrected chi connectivity index (χ0v) is 13.9. The predicted octanol–water partition coefficient (Wildman–Crippen LogP) is 2.71. The highest BCUT2D eigenvalue weighted by atomic mass is 16.2. The summed E-state index contributed by atoms with van der Waals surface area (Å²) >= 11 is 0. The Morgan fingerprint density at radius 3 is 2.36 bits per heavy atom. The Morgan fingerprint density at radius 1 is 1.00 bits per heavy atom. The van der Waals surface area contributed by atoms with E-state index in [1.54, 1.807) is 24.3 Å². The molecule has 0 unspecified atom stereocenters. The van der Waals surface area contributed by atoms with Gasteiger partial charge in [0.15, 0.2) is 0 Å². The van der Waals surface area contributed by atoms with Crippen LogP contribution in [0.3, 0.4) is 0 Å². The molecule has 0 bridgehead atoms. The number of amides is 3. The number of aryl methyl sites for hydroxylation is 1. The van der Waals surface area contributed by atoms with Crippen molar-refractivity contribution in [3.8, 4) is 0 Å². The molecule has 6 heteroatoms. The van der Waals surface area contributed by atoms with Gasteiger partial charge in [-0.15, -0.1) is 0 Å². The lowest BCUT2D eigenvalue weighted by Gasteiger charge is -2.17. The summed E-state index contributed by atoms with van der Waals surface area (Å²) in [6.07, 6.45) is 1.43. The minimum Gasteiger partial charge on any atom is -0.326 e. The van der Waals surface area contributed by atoms with E-state index in [0.717, 1.165) is 16.8 Å². The molecule has 0 aliphatic carbocycles. The lowest BCUT2D eigenvalue weighted by molar-refractivity contribution is -0.117. The van der Waals surface area contributed by atoms with E-state index in [0.29, 0.717) is 24.2 Å².